The number of carboxylic acid groups (broad SMARTS) is 2. The molecule has 1 saturated carbocycles. The van der Waals surface area contributed by atoms with E-state index in [0.717, 1.165) is 0 Å². The molecule has 3 N–H and O–H groups in total. The third-order valence-corrected chi connectivity index (χ3v) is 3.04. The zero-order valence-electron chi connectivity index (χ0n) is 7.77. The molecular formula is C9H14O5. The molecule has 0 aromatic heterocycles. The minimum absolute atomic E-state index is 0.00924. The lowest BCUT2D eigenvalue weighted by atomic mass is 9.70. The van der Waals surface area contributed by atoms with Crippen molar-refractivity contribution >= 4 is 11.9 Å². The molecule has 0 aliphatic heterocycles. The average Bonchev–Trinajstić information content (AvgIpc) is 2.17. The lowest BCUT2D eigenvalue weighted by Crippen LogP contribution is -2.42. The summed E-state index contributed by atoms with van der Waals surface area (Å²) < 4.78 is 0. The molecule has 0 atom stereocenters. The summed E-state index contributed by atoms with van der Waals surface area (Å²) >= 11 is 0. The summed E-state index contributed by atoms with van der Waals surface area (Å²) in [5.41, 5.74) is -1.62. The van der Waals surface area contributed by atoms with E-state index in [-0.39, 0.29) is 25.4 Å². The van der Waals surface area contributed by atoms with Gasteiger partial charge in [0.1, 0.15) is 0 Å². The van der Waals surface area contributed by atoms with Crippen LogP contribution in [-0.4, -0.2) is 33.9 Å². The van der Waals surface area contributed by atoms with Crippen molar-refractivity contribution in [2.45, 2.75) is 25.7 Å². The third-order valence-electron chi connectivity index (χ3n) is 3.04. The van der Waals surface area contributed by atoms with Crippen molar-refractivity contribution in [1.29, 1.82) is 0 Å². The number of carbonyl (C=O) groups is 2. The molecule has 0 amide bonds. The van der Waals surface area contributed by atoms with Gasteiger partial charge in [-0.05, 0) is 31.6 Å². The number of carboxylic acids is 2. The molecule has 0 saturated heterocycles. The Morgan fingerprint density at radius 2 is 1.57 bits per heavy atom. The van der Waals surface area contributed by atoms with Crippen LogP contribution < -0.4 is 0 Å². The van der Waals surface area contributed by atoms with Gasteiger partial charge < -0.3 is 15.3 Å². The van der Waals surface area contributed by atoms with Gasteiger partial charge in [-0.1, -0.05) is 0 Å². The maximum Gasteiger partial charge on any atom is 0.321 e. The Labute approximate surface area is 81.4 Å². The first-order chi connectivity index (χ1) is 6.53. The van der Waals surface area contributed by atoms with E-state index in [4.69, 9.17) is 15.3 Å². The maximum atomic E-state index is 10.9. The minimum Gasteiger partial charge on any atom is -0.480 e. The second kappa shape index (κ2) is 3.96. The molecule has 0 unspecified atom stereocenters. The Bertz CT molecular complexity index is 224. The Morgan fingerprint density at radius 1 is 1.14 bits per heavy atom. The second-order valence-corrected chi connectivity index (χ2v) is 3.82. The van der Waals surface area contributed by atoms with Crippen LogP contribution in [0, 0.1) is 11.3 Å². The highest BCUT2D eigenvalue weighted by Crippen LogP contribution is 2.39. The van der Waals surface area contributed by atoms with Crippen molar-refractivity contribution in [2.24, 2.45) is 11.3 Å². The second-order valence-electron chi connectivity index (χ2n) is 3.82. The highest BCUT2D eigenvalue weighted by molar-refractivity contribution is 5.98. The summed E-state index contributed by atoms with van der Waals surface area (Å²) in [6, 6.07) is 0. The molecule has 1 rings (SSSR count). The van der Waals surface area contributed by atoms with E-state index in [1.807, 2.05) is 0 Å². The SMILES string of the molecule is O=C(O)C1(C(=O)O)CCC(CO)CC1. The average molecular weight is 202 g/mol. The van der Waals surface area contributed by atoms with Crippen molar-refractivity contribution in [1.82, 2.24) is 0 Å². The van der Waals surface area contributed by atoms with Crippen LogP contribution >= 0.6 is 0 Å². The van der Waals surface area contributed by atoms with E-state index in [2.05, 4.69) is 0 Å². The summed E-state index contributed by atoms with van der Waals surface area (Å²) in [6.45, 7) is 0.00924. The Morgan fingerprint density at radius 3 is 1.86 bits per heavy atom. The first-order valence-electron chi connectivity index (χ1n) is 4.60. The van der Waals surface area contributed by atoms with Gasteiger partial charge >= 0.3 is 11.9 Å². The van der Waals surface area contributed by atoms with E-state index in [1.54, 1.807) is 0 Å². The first kappa shape index (κ1) is 11.0. The van der Waals surface area contributed by atoms with E-state index < -0.39 is 17.4 Å². The van der Waals surface area contributed by atoms with E-state index >= 15 is 0 Å². The predicted octanol–water partition coefficient (Wildman–Crippen LogP) is 0.324. The van der Waals surface area contributed by atoms with Gasteiger partial charge in [-0.2, -0.15) is 0 Å². The van der Waals surface area contributed by atoms with E-state index in [0.29, 0.717) is 12.8 Å². The molecule has 1 aliphatic carbocycles. The molecule has 0 spiro atoms. The first-order valence-corrected chi connectivity index (χ1v) is 4.60. The minimum atomic E-state index is -1.62. The molecule has 14 heavy (non-hydrogen) atoms. The largest absolute Gasteiger partial charge is 0.480 e. The lowest BCUT2D eigenvalue weighted by molar-refractivity contribution is -0.168. The standard InChI is InChI=1S/C9H14O5/c10-5-6-1-3-9(4-2-6,7(11)12)8(13)14/h6,10H,1-5H2,(H,11,12)(H,13,14). The van der Waals surface area contributed by atoms with Crippen LogP contribution in [0.3, 0.4) is 0 Å². The van der Waals surface area contributed by atoms with Crippen LogP contribution in [0.2, 0.25) is 0 Å². The molecule has 0 heterocycles. The molecule has 1 aliphatic rings. The molecule has 0 aromatic rings. The van der Waals surface area contributed by atoms with Crippen LogP contribution in [-0.2, 0) is 9.59 Å². The third kappa shape index (κ3) is 1.72. The van der Waals surface area contributed by atoms with Crippen LogP contribution in [0.4, 0.5) is 0 Å². The summed E-state index contributed by atoms with van der Waals surface area (Å²) in [5, 5.41) is 26.6. The molecular weight excluding hydrogens is 188 g/mol. The highest BCUT2D eigenvalue weighted by Gasteiger charge is 2.48. The number of rotatable bonds is 3. The monoisotopic (exact) mass is 202 g/mol. The number of aliphatic hydroxyl groups excluding tert-OH is 1. The number of hydrogen-bond acceptors (Lipinski definition) is 3. The highest BCUT2D eigenvalue weighted by atomic mass is 16.4. The van der Waals surface area contributed by atoms with E-state index in [1.165, 1.54) is 0 Å². The predicted molar refractivity (Wildman–Crippen MR) is 46.7 cm³/mol. The molecule has 80 valence electrons. The van der Waals surface area contributed by atoms with Gasteiger partial charge in [-0.25, -0.2) is 0 Å². The molecule has 5 nitrogen and oxygen atoms in total. The van der Waals surface area contributed by atoms with Gasteiger partial charge in [0.05, 0.1) is 0 Å². The van der Waals surface area contributed by atoms with Crippen LogP contribution in [0.15, 0.2) is 0 Å². The Balaban J connectivity index is 2.75. The normalized spacial score (nSPS) is 21.8. The lowest BCUT2D eigenvalue weighted by Gasteiger charge is -2.32. The van der Waals surface area contributed by atoms with Crippen molar-refractivity contribution in [2.75, 3.05) is 6.61 Å². The van der Waals surface area contributed by atoms with Gasteiger partial charge in [-0.3, -0.25) is 9.59 Å². The van der Waals surface area contributed by atoms with Crippen LogP contribution in [0.5, 0.6) is 0 Å². The van der Waals surface area contributed by atoms with E-state index in [9.17, 15) is 9.59 Å². The van der Waals surface area contributed by atoms with Crippen LogP contribution in [0.25, 0.3) is 0 Å². The Hall–Kier alpha value is -1.10. The van der Waals surface area contributed by atoms with Gasteiger partial charge in [0, 0.05) is 6.61 Å². The quantitative estimate of drug-likeness (QED) is 0.573. The summed E-state index contributed by atoms with van der Waals surface area (Å²) in [6.07, 6.45) is 1.16. The Kier molecular flexibility index (Phi) is 3.10. The summed E-state index contributed by atoms with van der Waals surface area (Å²) in [4.78, 5) is 21.7. The van der Waals surface area contributed by atoms with Crippen molar-refractivity contribution in [3.63, 3.8) is 0 Å². The van der Waals surface area contributed by atoms with Crippen LogP contribution in [0.1, 0.15) is 25.7 Å². The maximum absolute atomic E-state index is 10.9. The smallest absolute Gasteiger partial charge is 0.321 e. The topological polar surface area (TPSA) is 94.8 Å². The molecule has 0 radical (unpaired) electrons. The van der Waals surface area contributed by atoms with Gasteiger partial charge in [0.25, 0.3) is 0 Å². The number of hydrogen-bond donors (Lipinski definition) is 3. The summed E-state index contributed by atoms with van der Waals surface area (Å²) in [7, 11) is 0. The summed E-state index contributed by atoms with van der Waals surface area (Å²) in [5.74, 6) is -2.47. The molecule has 0 aromatic carbocycles. The fourth-order valence-electron chi connectivity index (χ4n) is 1.87. The molecule has 1 fully saturated rings. The fraction of sp³-hybridized carbons (Fsp3) is 0.778. The van der Waals surface area contributed by atoms with Crippen molar-refractivity contribution in [3.05, 3.63) is 0 Å². The van der Waals surface area contributed by atoms with Gasteiger partial charge in [0.2, 0.25) is 0 Å². The van der Waals surface area contributed by atoms with Gasteiger partial charge in [0.15, 0.2) is 5.41 Å². The zero-order chi connectivity index (χ0) is 10.8. The molecule has 0 bridgehead atoms. The molecule has 5 heteroatoms. The van der Waals surface area contributed by atoms with Crippen molar-refractivity contribution in [3.8, 4) is 0 Å². The number of aliphatic carboxylic acids is 2. The zero-order valence-corrected chi connectivity index (χ0v) is 7.77. The fourth-order valence-corrected chi connectivity index (χ4v) is 1.87. The number of aliphatic hydroxyl groups is 1. The van der Waals surface area contributed by atoms with Crippen molar-refractivity contribution < 1.29 is 24.9 Å². The van der Waals surface area contributed by atoms with Gasteiger partial charge in [-0.15, -0.1) is 0 Å².